The molecule has 1 aliphatic carbocycles. The maximum Gasteiger partial charge on any atom is 0.219 e. The van der Waals surface area contributed by atoms with Crippen LogP contribution in [0.15, 0.2) is 42.5 Å². The van der Waals surface area contributed by atoms with Gasteiger partial charge in [-0.3, -0.25) is 4.79 Å². The Morgan fingerprint density at radius 2 is 1.89 bits per heavy atom. The SMILES string of the molecule is CCNC(=O)CCC/C=C\C[C@H]1CC[C@@H](OC2CCCCO2)[C@@H]1CCC1(CCc2ccccc2)OCCO1. The van der Waals surface area contributed by atoms with Crippen molar-refractivity contribution in [2.24, 2.45) is 11.8 Å². The van der Waals surface area contributed by atoms with Gasteiger partial charge in [-0.1, -0.05) is 42.5 Å². The predicted molar refractivity (Wildman–Crippen MR) is 150 cm³/mol. The van der Waals surface area contributed by atoms with Crippen LogP contribution in [0, 0.1) is 11.8 Å². The zero-order valence-electron chi connectivity index (χ0n) is 23.4. The number of carbonyl (C=O) groups is 1. The molecule has 0 spiro atoms. The van der Waals surface area contributed by atoms with E-state index in [-0.39, 0.29) is 18.3 Å². The summed E-state index contributed by atoms with van der Waals surface area (Å²) in [5.74, 6) is 0.737. The molecule has 1 aromatic rings. The maximum atomic E-state index is 11.7. The third-order valence-electron chi connectivity index (χ3n) is 8.43. The highest BCUT2D eigenvalue weighted by Crippen LogP contribution is 2.43. The van der Waals surface area contributed by atoms with E-state index in [1.54, 1.807) is 0 Å². The molecule has 0 radical (unpaired) electrons. The first kappa shape index (κ1) is 29.3. The van der Waals surface area contributed by atoms with Gasteiger partial charge < -0.3 is 24.3 Å². The van der Waals surface area contributed by atoms with Crippen LogP contribution in [0.4, 0.5) is 0 Å². The van der Waals surface area contributed by atoms with E-state index < -0.39 is 5.79 Å². The van der Waals surface area contributed by atoms with Crippen molar-refractivity contribution in [1.29, 1.82) is 0 Å². The molecule has 1 unspecified atom stereocenters. The average molecular weight is 528 g/mol. The van der Waals surface area contributed by atoms with Crippen LogP contribution in [0.1, 0.15) is 89.5 Å². The molecule has 2 heterocycles. The molecule has 4 atom stereocenters. The third kappa shape index (κ3) is 9.18. The topological polar surface area (TPSA) is 66.0 Å². The summed E-state index contributed by atoms with van der Waals surface area (Å²) >= 11 is 0. The molecule has 38 heavy (non-hydrogen) atoms. The molecule has 1 N–H and O–H groups in total. The van der Waals surface area contributed by atoms with E-state index in [9.17, 15) is 4.79 Å². The molecule has 1 saturated carbocycles. The summed E-state index contributed by atoms with van der Waals surface area (Å²) in [6, 6.07) is 10.6. The van der Waals surface area contributed by atoms with Gasteiger partial charge in [0, 0.05) is 32.4 Å². The molecule has 3 fully saturated rings. The monoisotopic (exact) mass is 527 g/mol. The standard InChI is InChI=1S/C32H49NO5/c1-2-33-30(34)15-9-4-3-8-14-27-17-18-29(38-31-16-10-11-23-35-31)28(27)20-22-32(36-24-25-37-32)21-19-26-12-6-5-7-13-26/h3,5-8,12-13,27-29,31H,2,4,9-11,14-25H2,1H3,(H,33,34)/b8-3-/t27-,28+,29+,31?/m0/s1. The zero-order valence-corrected chi connectivity index (χ0v) is 23.4. The quantitative estimate of drug-likeness (QED) is 0.213. The number of aryl methyl sites for hydroxylation is 1. The molecule has 1 aromatic carbocycles. The van der Waals surface area contributed by atoms with Gasteiger partial charge in [0.15, 0.2) is 12.1 Å². The number of allylic oxidation sites excluding steroid dienone is 2. The summed E-state index contributed by atoms with van der Waals surface area (Å²) in [6.07, 6.45) is 17.7. The Morgan fingerprint density at radius 3 is 2.66 bits per heavy atom. The molecule has 2 saturated heterocycles. The van der Waals surface area contributed by atoms with Crippen molar-refractivity contribution in [2.45, 2.75) is 109 Å². The van der Waals surface area contributed by atoms with Gasteiger partial charge in [0.25, 0.3) is 0 Å². The maximum absolute atomic E-state index is 11.7. The largest absolute Gasteiger partial charge is 0.356 e. The number of rotatable bonds is 15. The first-order valence-corrected chi connectivity index (χ1v) is 15.2. The van der Waals surface area contributed by atoms with Gasteiger partial charge in [-0.2, -0.15) is 0 Å². The molecule has 0 bridgehead atoms. The fourth-order valence-corrected chi connectivity index (χ4v) is 6.34. The number of unbranched alkanes of at least 4 members (excludes halogenated alkanes) is 1. The van der Waals surface area contributed by atoms with Gasteiger partial charge in [0.2, 0.25) is 5.91 Å². The number of ether oxygens (including phenoxy) is 4. The lowest BCUT2D eigenvalue weighted by Gasteiger charge is -2.33. The number of benzene rings is 1. The normalized spacial score (nSPS) is 27.2. The molecule has 1 amide bonds. The number of nitrogens with one attached hydrogen (secondary N) is 1. The second-order valence-electron chi connectivity index (χ2n) is 11.2. The Kier molecular flexibility index (Phi) is 12.1. The van der Waals surface area contributed by atoms with Gasteiger partial charge in [0.1, 0.15) is 0 Å². The van der Waals surface area contributed by atoms with Crippen LogP contribution >= 0.6 is 0 Å². The zero-order chi connectivity index (χ0) is 26.5. The summed E-state index contributed by atoms with van der Waals surface area (Å²) in [5, 5.41) is 2.88. The van der Waals surface area contributed by atoms with Crippen LogP contribution in [0.2, 0.25) is 0 Å². The number of amides is 1. The van der Waals surface area contributed by atoms with Crippen molar-refractivity contribution in [2.75, 3.05) is 26.4 Å². The molecule has 6 nitrogen and oxygen atoms in total. The second kappa shape index (κ2) is 15.8. The van der Waals surface area contributed by atoms with E-state index in [1.807, 2.05) is 6.92 Å². The molecular formula is C32H49NO5. The smallest absolute Gasteiger partial charge is 0.219 e. The summed E-state index contributed by atoms with van der Waals surface area (Å²) in [4.78, 5) is 11.7. The van der Waals surface area contributed by atoms with Crippen LogP contribution < -0.4 is 5.32 Å². The summed E-state index contributed by atoms with van der Waals surface area (Å²) in [7, 11) is 0. The lowest BCUT2D eigenvalue weighted by atomic mass is 9.85. The minimum atomic E-state index is -0.482. The Balaban J connectivity index is 1.32. The predicted octanol–water partition coefficient (Wildman–Crippen LogP) is 6.33. The van der Waals surface area contributed by atoms with Crippen molar-refractivity contribution in [1.82, 2.24) is 5.32 Å². The summed E-state index contributed by atoms with van der Waals surface area (Å²) in [6.45, 7) is 4.84. The minimum absolute atomic E-state index is 0.0502. The molecule has 6 heteroatoms. The van der Waals surface area contributed by atoms with Gasteiger partial charge in [-0.05, 0) is 88.5 Å². The van der Waals surface area contributed by atoms with E-state index in [4.69, 9.17) is 18.9 Å². The Hall–Kier alpha value is -1.73. The highest BCUT2D eigenvalue weighted by molar-refractivity contribution is 5.75. The highest BCUT2D eigenvalue weighted by Gasteiger charge is 2.42. The van der Waals surface area contributed by atoms with Crippen molar-refractivity contribution in [3.8, 4) is 0 Å². The molecule has 3 aliphatic rings. The fourth-order valence-electron chi connectivity index (χ4n) is 6.34. The van der Waals surface area contributed by atoms with Gasteiger partial charge in [0.05, 0.1) is 19.3 Å². The van der Waals surface area contributed by atoms with Crippen molar-refractivity contribution >= 4 is 5.91 Å². The Bertz CT molecular complexity index is 832. The molecule has 2 aliphatic heterocycles. The fraction of sp³-hybridized carbons (Fsp3) is 0.719. The lowest BCUT2D eigenvalue weighted by molar-refractivity contribution is -0.201. The molecule has 0 aromatic heterocycles. The highest BCUT2D eigenvalue weighted by atomic mass is 16.7. The Labute approximate surface area is 229 Å². The van der Waals surface area contributed by atoms with Crippen LogP contribution in [0.3, 0.4) is 0 Å². The number of hydrogen-bond acceptors (Lipinski definition) is 5. The summed E-state index contributed by atoms with van der Waals surface area (Å²) in [5.41, 5.74) is 1.33. The molecular weight excluding hydrogens is 478 g/mol. The molecule has 4 rings (SSSR count). The van der Waals surface area contributed by atoms with Crippen LogP contribution in [-0.4, -0.2) is 50.5 Å². The molecule has 212 valence electrons. The number of hydrogen-bond donors (Lipinski definition) is 1. The summed E-state index contributed by atoms with van der Waals surface area (Å²) < 4.78 is 25.1. The van der Waals surface area contributed by atoms with E-state index in [0.717, 1.165) is 70.8 Å². The van der Waals surface area contributed by atoms with E-state index in [2.05, 4.69) is 47.8 Å². The average Bonchev–Trinajstić information content (AvgIpc) is 3.57. The van der Waals surface area contributed by atoms with Crippen molar-refractivity contribution in [3.63, 3.8) is 0 Å². The van der Waals surface area contributed by atoms with E-state index in [0.29, 0.717) is 38.0 Å². The van der Waals surface area contributed by atoms with E-state index >= 15 is 0 Å². The van der Waals surface area contributed by atoms with Crippen molar-refractivity contribution in [3.05, 3.63) is 48.0 Å². The minimum Gasteiger partial charge on any atom is -0.356 e. The first-order chi connectivity index (χ1) is 18.7. The van der Waals surface area contributed by atoms with Crippen LogP contribution in [0.5, 0.6) is 0 Å². The van der Waals surface area contributed by atoms with E-state index in [1.165, 1.54) is 18.4 Å². The first-order valence-electron chi connectivity index (χ1n) is 15.2. The Morgan fingerprint density at radius 1 is 1.05 bits per heavy atom. The van der Waals surface area contributed by atoms with Crippen molar-refractivity contribution < 1.29 is 23.7 Å². The van der Waals surface area contributed by atoms with Crippen LogP contribution in [0.25, 0.3) is 0 Å². The third-order valence-corrected chi connectivity index (χ3v) is 8.43. The van der Waals surface area contributed by atoms with Crippen LogP contribution in [-0.2, 0) is 30.2 Å². The second-order valence-corrected chi connectivity index (χ2v) is 11.2. The van der Waals surface area contributed by atoms with Gasteiger partial charge in [-0.25, -0.2) is 0 Å². The van der Waals surface area contributed by atoms with Gasteiger partial charge in [-0.15, -0.1) is 0 Å². The lowest BCUT2D eigenvalue weighted by Crippen LogP contribution is -2.35. The van der Waals surface area contributed by atoms with Gasteiger partial charge >= 0.3 is 0 Å². The number of carbonyl (C=O) groups excluding carboxylic acids is 1.